The van der Waals surface area contributed by atoms with Crippen LogP contribution in [-0.4, -0.2) is 20.4 Å². The van der Waals surface area contributed by atoms with Crippen LogP contribution in [0.25, 0.3) is 0 Å². The second kappa shape index (κ2) is 3.75. The standard InChI is InChI=1S/C7H12F6Si/c1-14(2,3)5(7(11,12)13)4-6(8,9)10/h5H,4H2,1-3H3. The molecule has 7 heteroatoms. The lowest BCUT2D eigenvalue weighted by atomic mass is 10.3. The quantitative estimate of drug-likeness (QED) is 0.499. The zero-order chi connectivity index (χ0) is 11.8. The van der Waals surface area contributed by atoms with Gasteiger partial charge in [0.25, 0.3) is 0 Å². The molecule has 0 aliphatic heterocycles. The van der Waals surface area contributed by atoms with Crippen LogP contribution in [0.2, 0.25) is 25.2 Å². The Hall–Kier alpha value is -0.203. The van der Waals surface area contributed by atoms with Crippen molar-refractivity contribution in [2.24, 2.45) is 0 Å². The minimum Gasteiger partial charge on any atom is -0.171 e. The Morgan fingerprint density at radius 3 is 1.36 bits per heavy atom. The first-order valence-electron chi connectivity index (χ1n) is 3.97. The summed E-state index contributed by atoms with van der Waals surface area (Å²) in [6.45, 7) is 3.87. The van der Waals surface area contributed by atoms with Gasteiger partial charge in [0.2, 0.25) is 0 Å². The molecule has 0 saturated carbocycles. The zero-order valence-corrected chi connectivity index (χ0v) is 9.05. The first-order chi connectivity index (χ1) is 5.84. The van der Waals surface area contributed by atoms with E-state index >= 15 is 0 Å². The third-order valence-corrected chi connectivity index (χ3v) is 4.50. The first-order valence-corrected chi connectivity index (χ1v) is 7.55. The van der Waals surface area contributed by atoms with Crippen LogP contribution in [0.15, 0.2) is 0 Å². The molecule has 0 aromatic carbocycles. The average Bonchev–Trinajstić information content (AvgIpc) is 1.75. The summed E-state index contributed by atoms with van der Waals surface area (Å²) >= 11 is 0. The Bertz CT molecular complexity index is 172. The van der Waals surface area contributed by atoms with Crippen LogP contribution in [0, 0.1) is 0 Å². The Morgan fingerprint density at radius 1 is 0.929 bits per heavy atom. The highest BCUT2D eigenvalue weighted by Gasteiger charge is 2.52. The fraction of sp³-hybridized carbons (Fsp3) is 1.00. The summed E-state index contributed by atoms with van der Waals surface area (Å²) in [4.78, 5) is 0. The largest absolute Gasteiger partial charge is 0.389 e. The van der Waals surface area contributed by atoms with Crippen molar-refractivity contribution in [2.75, 3.05) is 0 Å². The molecule has 0 radical (unpaired) electrons. The molecule has 0 aromatic heterocycles. The lowest BCUT2D eigenvalue weighted by Crippen LogP contribution is -2.40. The predicted molar refractivity (Wildman–Crippen MR) is 43.8 cm³/mol. The third kappa shape index (κ3) is 4.87. The number of hydrogen-bond donors (Lipinski definition) is 0. The maximum atomic E-state index is 12.3. The highest BCUT2D eigenvalue weighted by molar-refractivity contribution is 6.77. The van der Waals surface area contributed by atoms with Crippen LogP contribution >= 0.6 is 0 Å². The maximum absolute atomic E-state index is 12.3. The zero-order valence-electron chi connectivity index (χ0n) is 8.05. The fourth-order valence-electron chi connectivity index (χ4n) is 1.14. The van der Waals surface area contributed by atoms with Gasteiger partial charge in [-0.2, -0.15) is 26.3 Å². The molecule has 0 fully saturated rings. The molecule has 0 spiro atoms. The molecule has 0 N–H and O–H groups in total. The van der Waals surface area contributed by atoms with Gasteiger partial charge in [-0.1, -0.05) is 19.6 Å². The van der Waals surface area contributed by atoms with E-state index < -0.39 is 32.4 Å². The number of hydrogen-bond acceptors (Lipinski definition) is 0. The Kier molecular flexibility index (Phi) is 3.69. The fourth-order valence-corrected chi connectivity index (χ4v) is 2.97. The average molecular weight is 238 g/mol. The van der Waals surface area contributed by atoms with E-state index in [4.69, 9.17) is 0 Å². The van der Waals surface area contributed by atoms with E-state index in [1.165, 1.54) is 19.6 Å². The van der Waals surface area contributed by atoms with Crippen LogP contribution in [0.3, 0.4) is 0 Å². The van der Waals surface area contributed by atoms with E-state index in [1.54, 1.807) is 0 Å². The number of rotatable bonds is 2. The van der Waals surface area contributed by atoms with Gasteiger partial charge in [0.1, 0.15) is 0 Å². The van der Waals surface area contributed by atoms with Gasteiger partial charge in [0.15, 0.2) is 0 Å². The molecule has 0 nitrogen and oxygen atoms in total. The van der Waals surface area contributed by atoms with Gasteiger partial charge in [-0.05, 0) is 0 Å². The predicted octanol–water partition coefficient (Wildman–Crippen LogP) is 4.21. The summed E-state index contributed by atoms with van der Waals surface area (Å²) in [6.07, 6.45) is -11.3. The minimum atomic E-state index is -4.75. The maximum Gasteiger partial charge on any atom is 0.389 e. The molecular formula is C7H12F6Si. The molecule has 0 saturated heterocycles. The van der Waals surface area contributed by atoms with E-state index in [2.05, 4.69) is 0 Å². The molecule has 1 atom stereocenters. The Morgan fingerprint density at radius 2 is 1.29 bits per heavy atom. The molecule has 14 heavy (non-hydrogen) atoms. The summed E-state index contributed by atoms with van der Waals surface area (Å²) in [6, 6.07) is 0. The molecule has 86 valence electrons. The Labute approximate surface area is 79.3 Å². The summed E-state index contributed by atoms with van der Waals surface area (Å²) in [7, 11) is -2.88. The van der Waals surface area contributed by atoms with Gasteiger partial charge < -0.3 is 0 Å². The van der Waals surface area contributed by atoms with E-state index in [-0.39, 0.29) is 0 Å². The molecule has 0 aliphatic carbocycles. The number of halogens is 6. The van der Waals surface area contributed by atoms with Crippen molar-refractivity contribution in [1.29, 1.82) is 0 Å². The lowest BCUT2D eigenvalue weighted by Gasteiger charge is -2.31. The molecule has 0 rings (SSSR count). The van der Waals surface area contributed by atoms with Gasteiger partial charge in [-0.15, -0.1) is 0 Å². The lowest BCUT2D eigenvalue weighted by molar-refractivity contribution is -0.184. The summed E-state index contributed by atoms with van der Waals surface area (Å²) in [5.41, 5.74) is -2.21. The topological polar surface area (TPSA) is 0 Å². The van der Waals surface area contributed by atoms with Crippen LogP contribution in [-0.2, 0) is 0 Å². The van der Waals surface area contributed by atoms with E-state index in [9.17, 15) is 26.3 Å². The van der Waals surface area contributed by atoms with E-state index in [0.717, 1.165) is 0 Å². The molecule has 0 aromatic rings. The van der Waals surface area contributed by atoms with Gasteiger partial charge in [0.05, 0.1) is 20.0 Å². The van der Waals surface area contributed by atoms with Crippen molar-refractivity contribution in [3.63, 3.8) is 0 Å². The minimum absolute atomic E-state index is 1.29. The molecule has 0 aliphatic rings. The van der Waals surface area contributed by atoms with E-state index in [1.807, 2.05) is 0 Å². The van der Waals surface area contributed by atoms with Crippen molar-refractivity contribution in [1.82, 2.24) is 0 Å². The molecule has 0 heterocycles. The summed E-state index contributed by atoms with van der Waals surface area (Å²) < 4.78 is 72.5. The van der Waals surface area contributed by atoms with Crippen LogP contribution < -0.4 is 0 Å². The Balaban J connectivity index is 4.78. The van der Waals surface area contributed by atoms with E-state index in [0.29, 0.717) is 0 Å². The normalized spacial score (nSPS) is 16.9. The first kappa shape index (κ1) is 13.8. The van der Waals surface area contributed by atoms with Crippen molar-refractivity contribution < 1.29 is 26.3 Å². The molecular weight excluding hydrogens is 226 g/mol. The smallest absolute Gasteiger partial charge is 0.171 e. The molecule has 0 bridgehead atoms. The van der Waals surface area contributed by atoms with Crippen molar-refractivity contribution in [3.8, 4) is 0 Å². The van der Waals surface area contributed by atoms with Crippen molar-refractivity contribution in [2.45, 2.75) is 44.0 Å². The second-order valence-corrected chi connectivity index (χ2v) is 9.71. The van der Waals surface area contributed by atoms with Gasteiger partial charge >= 0.3 is 12.4 Å². The highest BCUT2D eigenvalue weighted by atomic mass is 28.3. The van der Waals surface area contributed by atoms with Crippen LogP contribution in [0.5, 0.6) is 0 Å². The summed E-state index contributed by atoms with van der Waals surface area (Å²) in [5, 5.41) is 0. The van der Waals surface area contributed by atoms with Crippen molar-refractivity contribution in [3.05, 3.63) is 0 Å². The van der Waals surface area contributed by atoms with Gasteiger partial charge in [-0.3, -0.25) is 0 Å². The second-order valence-electron chi connectivity index (χ2n) is 4.28. The van der Waals surface area contributed by atoms with Crippen LogP contribution in [0.1, 0.15) is 6.42 Å². The van der Waals surface area contributed by atoms with Crippen LogP contribution in [0.4, 0.5) is 26.3 Å². The van der Waals surface area contributed by atoms with Gasteiger partial charge in [0, 0.05) is 0 Å². The highest BCUT2D eigenvalue weighted by Crippen LogP contribution is 2.45. The SMILES string of the molecule is C[Si](C)(C)C(CC(F)(F)F)C(F)(F)F. The van der Waals surface area contributed by atoms with Gasteiger partial charge in [-0.25, -0.2) is 0 Å². The summed E-state index contributed by atoms with van der Waals surface area (Å²) in [5.74, 6) is 0. The number of alkyl halides is 6. The third-order valence-electron chi connectivity index (χ3n) is 1.88. The van der Waals surface area contributed by atoms with Crippen molar-refractivity contribution >= 4 is 8.07 Å². The molecule has 1 unspecified atom stereocenters. The monoisotopic (exact) mass is 238 g/mol. The molecule has 0 amide bonds.